The molecule has 116 valence electrons. The molecule has 0 radical (unpaired) electrons. The molecule has 0 unspecified atom stereocenters. The number of nitrogens with zero attached hydrogens (tertiary/aromatic N) is 1. The highest BCUT2D eigenvalue weighted by Crippen LogP contribution is 2.32. The SMILES string of the molecule is COc1ccc([N+](=O)[O-])cc1OCc1cccc2ccccc12. The van der Waals surface area contributed by atoms with Crippen molar-refractivity contribution in [2.45, 2.75) is 6.61 Å². The van der Waals surface area contributed by atoms with Gasteiger partial charge >= 0.3 is 0 Å². The van der Waals surface area contributed by atoms with Gasteiger partial charge in [0, 0.05) is 6.07 Å². The number of fused-ring (bicyclic) bond motifs is 1. The molecule has 0 fully saturated rings. The second-order valence-corrected chi connectivity index (χ2v) is 5.02. The van der Waals surface area contributed by atoms with E-state index in [1.807, 2.05) is 42.5 Å². The molecule has 0 spiro atoms. The first-order valence-corrected chi connectivity index (χ1v) is 7.11. The molecule has 0 heterocycles. The highest BCUT2D eigenvalue weighted by molar-refractivity contribution is 5.85. The number of non-ortho nitro benzene ring substituents is 1. The lowest BCUT2D eigenvalue weighted by Crippen LogP contribution is -1.99. The third-order valence-corrected chi connectivity index (χ3v) is 3.62. The molecule has 0 atom stereocenters. The van der Waals surface area contributed by atoms with Crippen molar-refractivity contribution in [2.75, 3.05) is 7.11 Å². The molecular formula is C18H15NO4. The number of hydrogen-bond acceptors (Lipinski definition) is 4. The summed E-state index contributed by atoms with van der Waals surface area (Å²) in [5.41, 5.74) is 0.982. The second-order valence-electron chi connectivity index (χ2n) is 5.02. The van der Waals surface area contributed by atoms with Crippen molar-refractivity contribution in [3.63, 3.8) is 0 Å². The summed E-state index contributed by atoms with van der Waals surface area (Å²) < 4.78 is 11.0. The molecule has 3 aromatic rings. The fraction of sp³-hybridized carbons (Fsp3) is 0.111. The van der Waals surface area contributed by atoms with E-state index in [0.717, 1.165) is 16.3 Å². The molecule has 0 bridgehead atoms. The molecule has 3 rings (SSSR count). The summed E-state index contributed by atoms with van der Waals surface area (Å²) in [6.07, 6.45) is 0. The van der Waals surface area contributed by atoms with Crippen molar-refractivity contribution in [1.82, 2.24) is 0 Å². The zero-order valence-corrected chi connectivity index (χ0v) is 12.6. The average Bonchev–Trinajstić information content (AvgIpc) is 2.59. The molecule has 0 saturated carbocycles. The van der Waals surface area contributed by atoms with Gasteiger partial charge in [-0.05, 0) is 22.4 Å². The minimum atomic E-state index is -0.454. The van der Waals surface area contributed by atoms with Gasteiger partial charge in [0.15, 0.2) is 11.5 Å². The lowest BCUT2D eigenvalue weighted by atomic mass is 10.1. The Hall–Kier alpha value is -3.08. The van der Waals surface area contributed by atoms with E-state index in [2.05, 4.69) is 0 Å². The molecule has 3 aromatic carbocycles. The van der Waals surface area contributed by atoms with Crippen LogP contribution in [0.4, 0.5) is 5.69 Å². The van der Waals surface area contributed by atoms with Crippen LogP contribution in [0.5, 0.6) is 11.5 Å². The maximum absolute atomic E-state index is 10.9. The minimum absolute atomic E-state index is 0.0290. The van der Waals surface area contributed by atoms with E-state index < -0.39 is 4.92 Å². The first-order chi connectivity index (χ1) is 11.2. The van der Waals surface area contributed by atoms with Gasteiger partial charge in [-0.3, -0.25) is 10.1 Å². The van der Waals surface area contributed by atoms with Crippen molar-refractivity contribution < 1.29 is 14.4 Å². The number of rotatable bonds is 5. The van der Waals surface area contributed by atoms with Gasteiger partial charge in [-0.1, -0.05) is 42.5 Å². The van der Waals surface area contributed by atoms with Crippen molar-refractivity contribution >= 4 is 16.5 Å². The largest absolute Gasteiger partial charge is 0.493 e. The Morgan fingerprint density at radius 2 is 1.78 bits per heavy atom. The molecule has 0 N–H and O–H groups in total. The summed E-state index contributed by atoms with van der Waals surface area (Å²) in [7, 11) is 1.51. The van der Waals surface area contributed by atoms with Crippen LogP contribution in [0.1, 0.15) is 5.56 Å². The maximum atomic E-state index is 10.9. The zero-order valence-electron chi connectivity index (χ0n) is 12.6. The van der Waals surface area contributed by atoms with E-state index >= 15 is 0 Å². The van der Waals surface area contributed by atoms with Crippen molar-refractivity contribution in [1.29, 1.82) is 0 Å². The minimum Gasteiger partial charge on any atom is -0.493 e. The smallest absolute Gasteiger partial charge is 0.273 e. The van der Waals surface area contributed by atoms with Crippen LogP contribution < -0.4 is 9.47 Å². The van der Waals surface area contributed by atoms with Crippen LogP contribution in [-0.2, 0) is 6.61 Å². The van der Waals surface area contributed by atoms with Gasteiger partial charge in [-0.2, -0.15) is 0 Å². The summed E-state index contributed by atoms with van der Waals surface area (Å²) in [5, 5.41) is 13.1. The number of nitro benzene ring substituents is 1. The lowest BCUT2D eigenvalue weighted by molar-refractivity contribution is -0.385. The quantitative estimate of drug-likeness (QED) is 0.519. The fourth-order valence-corrected chi connectivity index (χ4v) is 2.47. The van der Waals surface area contributed by atoms with E-state index in [1.54, 1.807) is 0 Å². The number of benzene rings is 3. The molecule has 0 aromatic heterocycles. The molecular weight excluding hydrogens is 294 g/mol. The van der Waals surface area contributed by atoms with E-state index in [-0.39, 0.29) is 5.69 Å². The van der Waals surface area contributed by atoms with Gasteiger partial charge in [0.05, 0.1) is 18.1 Å². The Morgan fingerprint density at radius 1 is 1.00 bits per heavy atom. The van der Waals surface area contributed by atoms with Crippen LogP contribution in [-0.4, -0.2) is 12.0 Å². The third-order valence-electron chi connectivity index (χ3n) is 3.62. The molecule has 0 amide bonds. The predicted octanol–water partition coefficient (Wildman–Crippen LogP) is 4.34. The first kappa shape index (κ1) is 14.8. The van der Waals surface area contributed by atoms with Gasteiger partial charge in [0.25, 0.3) is 5.69 Å². The number of hydrogen-bond donors (Lipinski definition) is 0. The van der Waals surface area contributed by atoms with E-state index in [4.69, 9.17) is 9.47 Å². The molecule has 5 heteroatoms. The molecule has 0 aliphatic carbocycles. The Morgan fingerprint density at radius 3 is 2.57 bits per heavy atom. The lowest BCUT2D eigenvalue weighted by Gasteiger charge is -2.12. The van der Waals surface area contributed by atoms with Gasteiger partial charge in [0.2, 0.25) is 0 Å². The van der Waals surface area contributed by atoms with Crippen LogP contribution in [0, 0.1) is 10.1 Å². The zero-order chi connectivity index (χ0) is 16.2. The number of methoxy groups -OCH3 is 1. The summed E-state index contributed by atoms with van der Waals surface area (Å²) >= 11 is 0. The van der Waals surface area contributed by atoms with E-state index in [0.29, 0.717) is 18.1 Å². The van der Waals surface area contributed by atoms with Crippen LogP contribution >= 0.6 is 0 Å². The molecule has 5 nitrogen and oxygen atoms in total. The van der Waals surface area contributed by atoms with Gasteiger partial charge < -0.3 is 9.47 Å². The topological polar surface area (TPSA) is 61.6 Å². The third kappa shape index (κ3) is 3.08. The monoisotopic (exact) mass is 309 g/mol. The number of ether oxygens (including phenoxy) is 2. The summed E-state index contributed by atoms with van der Waals surface area (Å²) in [5.74, 6) is 0.825. The summed E-state index contributed by atoms with van der Waals surface area (Å²) in [6.45, 7) is 0.304. The van der Waals surface area contributed by atoms with E-state index in [1.165, 1.54) is 25.3 Å². The molecule has 0 saturated heterocycles. The Kier molecular flexibility index (Phi) is 4.10. The molecule has 0 aliphatic rings. The van der Waals surface area contributed by atoms with Gasteiger partial charge in [-0.25, -0.2) is 0 Å². The van der Waals surface area contributed by atoms with Crippen molar-refractivity contribution in [3.8, 4) is 11.5 Å². The van der Waals surface area contributed by atoms with Crippen molar-refractivity contribution in [3.05, 3.63) is 76.3 Å². The molecule has 0 aliphatic heterocycles. The Labute approximate surface area is 133 Å². The average molecular weight is 309 g/mol. The summed E-state index contributed by atoms with van der Waals surface area (Å²) in [6, 6.07) is 18.3. The summed E-state index contributed by atoms with van der Waals surface area (Å²) in [4.78, 5) is 10.5. The predicted molar refractivity (Wildman–Crippen MR) is 87.9 cm³/mol. The maximum Gasteiger partial charge on any atom is 0.273 e. The molecule has 23 heavy (non-hydrogen) atoms. The first-order valence-electron chi connectivity index (χ1n) is 7.11. The standard InChI is InChI=1S/C18H15NO4/c1-22-17-10-9-15(19(20)21)11-18(17)23-12-14-7-4-6-13-5-2-3-8-16(13)14/h2-11H,12H2,1H3. The van der Waals surface area contributed by atoms with Crippen LogP contribution in [0.3, 0.4) is 0 Å². The second kappa shape index (κ2) is 6.36. The normalized spacial score (nSPS) is 10.5. The van der Waals surface area contributed by atoms with Crippen molar-refractivity contribution in [2.24, 2.45) is 0 Å². The van der Waals surface area contributed by atoms with Crippen LogP contribution in [0.2, 0.25) is 0 Å². The Balaban J connectivity index is 1.90. The van der Waals surface area contributed by atoms with Gasteiger partial charge in [0.1, 0.15) is 6.61 Å². The number of nitro groups is 1. The van der Waals surface area contributed by atoms with Gasteiger partial charge in [-0.15, -0.1) is 0 Å². The fourth-order valence-electron chi connectivity index (χ4n) is 2.47. The van der Waals surface area contributed by atoms with Crippen LogP contribution in [0.15, 0.2) is 60.7 Å². The Bertz CT molecular complexity index is 855. The highest BCUT2D eigenvalue weighted by Gasteiger charge is 2.13. The van der Waals surface area contributed by atoms with E-state index in [9.17, 15) is 10.1 Å². The highest BCUT2D eigenvalue weighted by atomic mass is 16.6. The van der Waals surface area contributed by atoms with Crippen LogP contribution in [0.25, 0.3) is 10.8 Å².